The fourth-order valence-corrected chi connectivity index (χ4v) is 2.76. The van der Waals surface area contributed by atoms with Crippen molar-refractivity contribution in [3.05, 3.63) is 22.9 Å². The van der Waals surface area contributed by atoms with E-state index < -0.39 is 0 Å². The van der Waals surface area contributed by atoms with Crippen LogP contribution in [0.25, 0.3) is 0 Å². The van der Waals surface area contributed by atoms with Gasteiger partial charge >= 0.3 is 0 Å². The van der Waals surface area contributed by atoms with Gasteiger partial charge in [0.2, 0.25) is 0 Å². The Morgan fingerprint density at radius 1 is 1.38 bits per heavy atom. The summed E-state index contributed by atoms with van der Waals surface area (Å²) in [5.74, 6) is 0. The van der Waals surface area contributed by atoms with Crippen molar-refractivity contribution in [3.8, 4) is 0 Å². The van der Waals surface area contributed by atoms with Crippen molar-refractivity contribution >= 4 is 21.6 Å². The topological polar surface area (TPSA) is 36.4 Å². The Labute approximate surface area is 105 Å². The Morgan fingerprint density at radius 3 is 2.75 bits per heavy atom. The first-order valence-electron chi connectivity index (χ1n) is 5.79. The van der Waals surface area contributed by atoms with E-state index >= 15 is 0 Å². The van der Waals surface area contributed by atoms with Gasteiger partial charge in [0.05, 0.1) is 18.5 Å². The van der Waals surface area contributed by atoms with Gasteiger partial charge in [-0.1, -0.05) is 12.8 Å². The smallest absolute Gasteiger partial charge is 0.0606 e. The molecule has 16 heavy (non-hydrogen) atoms. The number of aliphatic hydroxyl groups is 1. The third-order valence-electron chi connectivity index (χ3n) is 3.13. The van der Waals surface area contributed by atoms with Crippen LogP contribution < -0.4 is 4.90 Å². The van der Waals surface area contributed by atoms with E-state index in [9.17, 15) is 0 Å². The molecule has 1 aromatic heterocycles. The first-order valence-corrected chi connectivity index (χ1v) is 6.58. The molecular weight excluding hydrogens is 268 g/mol. The molecule has 1 fully saturated rings. The first kappa shape index (κ1) is 11.9. The summed E-state index contributed by atoms with van der Waals surface area (Å²) in [6, 6.07) is 2.64. The lowest BCUT2D eigenvalue weighted by Gasteiger charge is -2.30. The molecule has 1 aliphatic carbocycles. The molecule has 0 unspecified atom stereocenters. The molecule has 3 nitrogen and oxygen atoms in total. The monoisotopic (exact) mass is 284 g/mol. The Balaban J connectivity index is 2.17. The highest BCUT2D eigenvalue weighted by atomic mass is 79.9. The summed E-state index contributed by atoms with van der Waals surface area (Å²) in [6.45, 7) is 0.895. The normalized spacial score (nSPS) is 16.6. The van der Waals surface area contributed by atoms with Crippen molar-refractivity contribution in [3.63, 3.8) is 0 Å². The van der Waals surface area contributed by atoms with Gasteiger partial charge < -0.3 is 10.0 Å². The minimum Gasteiger partial charge on any atom is -0.395 e. The molecule has 88 valence electrons. The number of halogens is 1. The van der Waals surface area contributed by atoms with Crippen molar-refractivity contribution in [1.82, 2.24) is 4.98 Å². The number of aliphatic hydroxyl groups excluding tert-OH is 1. The molecule has 0 atom stereocenters. The molecule has 0 saturated heterocycles. The number of anilines is 1. The molecule has 1 aliphatic rings. The van der Waals surface area contributed by atoms with Crippen LogP contribution in [0, 0.1) is 0 Å². The van der Waals surface area contributed by atoms with Gasteiger partial charge in [-0.25, -0.2) is 0 Å². The number of nitrogens with zero attached hydrogens (tertiary/aromatic N) is 2. The summed E-state index contributed by atoms with van der Waals surface area (Å²) in [5.41, 5.74) is 1.11. The Bertz CT molecular complexity index is 340. The number of pyridine rings is 1. The Kier molecular flexibility index (Phi) is 4.18. The summed E-state index contributed by atoms with van der Waals surface area (Å²) in [5, 5.41) is 9.15. The number of hydrogen-bond acceptors (Lipinski definition) is 3. The molecule has 1 N–H and O–H groups in total. The number of hydrogen-bond donors (Lipinski definition) is 1. The van der Waals surface area contributed by atoms with E-state index in [-0.39, 0.29) is 6.61 Å². The van der Waals surface area contributed by atoms with Crippen LogP contribution in [0.2, 0.25) is 0 Å². The van der Waals surface area contributed by atoms with E-state index in [4.69, 9.17) is 5.11 Å². The fraction of sp³-hybridized carbons (Fsp3) is 0.583. The fourth-order valence-electron chi connectivity index (χ4n) is 2.40. The molecule has 1 aromatic rings. The lowest BCUT2D eigenvalue weighted by atomic mass is 10.2. The van der Waals surface area contributed by atoms with Crippen LogP contribution in [-0.4, -0.2) is 29.3 Å². The molecule has 2 rings (SSSR count). The lowest BCUT2D eigenvalue weighted by Crippen LogP contribution is -2.35. The van der Waals surface area contributed by atoms with Gasteiger partial charge in [-0.2, -0.15) is 0 Å². The highest BCUT2D eigenvalue weighted by Gasteiger charge is 2.22. The molecule has 0 bridgehead atoms. The van der Waals surface area contributed by atoms with Crippen LogP contribution in [0.1, 0.15) is 25.7 Å². The minimum atomic E-state index is 0.197. The standard InChI is InChI=1S/C12H17BrN2O/c13-10-7-12(9-14-8-10)15(5-6-16)11-3-1-2-4-11/h7-9,11,16H,1-6H2. The highest BCUT2D eigenvalue weighted by molar-refractivity contribution is 9.10. The third kappa shape index (κ3) is 2.74. The van der Waals surface area contributed by atoms with Crippen LogP contribution in [0.3, 0.4) is 0 Å². The van der Waals surface area contributed by atoms with Gasteiger partial charge in [-0.05, 0) is 34.8 Å². The van der Waals surface area contributed by atoms with E-state index in [1.807, 2.05) is 6.20 Å². The summed E-state index contributed by atoms with van der Waals surface area (Å²) in [6.07, 6.45) is 8.72. The van der Waals surface area contributed by atoms with Crippen LogP contribution in [0.15, 0.2) is 22.9 Å². The third-order valence-corrected chi connectivity index (χ3v) is 3.56. The predicted molar refractivity (Wildman–Crippen MR) is 68.6 cm³/mol. The zero-order valence-corrected chi connectivity index (χ0v) is 10.9. The molecule has 1 saturated carbocycles. The molecule has 4 heteroatoms. The molecule has 0 aliphatic heterocycles. The van der Waals surface area contributed by atoms with Crippen LogP contribution in [-0.2, 0) is 0 Å². The van der Waals surface area contributed by atoms with Gasteiger partial charge in [0.15, 0.2) is 0 Å². The summed E-state index contributed by atoms with van der Waals surface area (Å²) < 4.78 is 0.992. The zero-order chi connectivity index (χ0) is 11.4. The molecule has 0 radical (unpaired) electrons. The maximum Gasteiger partial charge on any atom is 0.0606 e. The van der Waals surface area contributed by atoms with E-state index in [1.165, 1.54) is 25.7 Å². The van der Waals surface area contributed by atoms with Gasteiger partial charge in [-0.15, -0.1) is 0 Å². The summed E-state index contributed by atoms with van der Waals surface area (Å²) >= 11 is 3.44. The Morgan fingerprint density at radius 2 is 2.12 bits per heavy atom. The molecule has 0 aromatic carbocycles. The van der Waals surface area contributed by atoms with Crippen molar-refractivity contribution in [2.24, 2.45) is 0 Å². The maximum absolute atomic E-state index is 9.15. The highest BCUT2D eigenvalue weighted by Crippen LogP contribution is 2.28. The summed E-state index contributed by atoms with van der Waals surface area (Å²) in [7, 11) is 0. The molecular formula is C12H17BrN2O. The zero-order valence-electron chi connectivity index (χ0n) is 9.27. The van der Waals surface area contributed by atoms with E-state index in [1.54, 1.807) is 6.20 Å². The molecule has 0 spiro atoms. The van der Waals surface area contributed by atoms with Crippen molar-refractivity contribution in [1.29, 1.82) is 0 Å². The average Bonchev–Trinajstić information content (AvgIpc) is 2.79. The van der Waals surface area contributed by atoms with Gasteiger partial charge in [0.25, 0.3) is 0 Å². The van der Waals surface area contributed by atoms with Crippen molar-refractivity contribution < 1.29 is 5.11 Å². The van der Waals surface area contributed by atoms with Gasteiger partial charge in [0, 0.05) is 23.3 Å². The second-order valence-electron chi connectivity index (χ2n) is 4.22. The quantitative estimate of drug-likeness (QED) is 0.923. The van der Waals surface area contributed by atoms with Gasteiger partial charge in [-0.3, -0.25) is 4.98 Å². The van der Waals surface area contributed by atoms with Crippen LogP contribution >= 0.6 is 15.9 Å². The van der Waals surface area contributed by atoms with Crippen molar-refractivity contribution in [2.75, 3.05) is 18.1 Å². The maximum atomic E-state index is 9.15. The second kappa shape index (κ2) is 5.64. The van der Waals surface area contributed by atoms with E-state index in [2.05, 4.69) is 31.9 Å². The Hall–Kier alpha value is -0.610. The lowest BCUT2D eigenvalue weighted by molar-refractivity contribution is 0.297. The van der Waals surface area contributed by atoms with Crippen LogP contribution in [0.5, 0.6) is 0 Å². The SMILES string of the molecule is OCCN(c1cncc(Br)c1)C1CCCC1. The van der Waals surface area contributed by atoms with Crippen molar-refractivity contribution in [2.45, 2.75) is 31.7 Å². The largest absolute Gasteiger partial charge is 0.395 e. The van der Waals surface area contributed by atoms with E-state index in [0.717, 1.165) is 10.2 Å². The predicted octanol–water partition coefficient (Wildman–Crippen LogP) is 2.59. The first-order chi connectivity index (χ1) is 7.81. The minimum absolute atomic E-state index is 0.197. The average molecular weight is 285 g/mol. The van der Waals surface area contributed by atoms with Crippen LogP contribution in [0.4, 0.5) is 5.69 Å². The molecule has 0 amide bonds. The molecule has 1 heterocycles. The number of aromatic nitrogens is 1. The second-order valence-corrected chi connectivity index (χ2v) is 5.13. The number of rotatable bonds is 4. The summed E-state index contributed by atoms with van der Waals surface area (Å²) in [4.78, 5) is 6.47. The van der Waals surface area contributed by atoms with Gasteiger partial charge in [0.1, 0.15) is 0 Å². The van der Waals surface area contributed by atoms with E-state index in [0.29, 0.717) is 12.6 Å².